The second-order valence-corrected chi connectivity index (χ2v) is 11.1. The summed E-state index contributed by atoms with van der Waals surface area (Å²) in [7, 11) is 0. The Bertz CT molecular complexity index is 1380. The van der Waals surface area contributed by atoms with Crippen molar-refractivity contribution in [2.24, 2.45) is 0 Å². The molecule has 0 aromatic heterocycles. The molecule has 3 N–H and O–H groups in total. The monoisotopic (exact) mass is 585 g/mol. The van der Waals surface area contributed by atoms with Gasteiger partial charge in [-0.2, -0.15) is 0 Å². The number of aliphatic hydroxyl groups is 2. The van der Waals surface area contributed by atoms with Crippen LogP contribution in [0, 0.1) is 0 Å². The van der Waals surface area contributed by atoms with Crippen LogP contribution in [0.15, 0.2) is 91.0 Å². The fraction of sp³-hybridized carbons (Fsp3) is 0.389. The van der Waals surface area contributed by atoms with Crippen molar-refractivity contribution in [1.82, 2.24) is 5.32 Å². The number of piperidine rings is 1. The van der Waals surface area contributed by atoms with Crippen LogP contribution in [0.5, 0.6) is 5.75 Å². The van der Waals surface area contributed by atoms with E-state index < -0.39 is 6.10 Å². The maximum absolute atomic E-state index is 9.55. The molecular weight excluding hydrogens is 542 g/mol. The van der Waals surface area contributed by atoms with Crippen LogP contribution < -0.4 is 10.1 Å². The first-order chi connectivity index (χ1) is 21.2. The Morgan fingerprint density at radius 2 is 1.65 bits per heavy atom. The Morgan fingerprint density at radius 3 is 2.49 bits per heavy atom. The first-order valence-electron chi connectivity index (χ1n) is 15.2. The minimum absolute atomic E-state index is 0.0593. The van der Waals surface area contributed by atoms with E-state index in [-0.39, 0.29) is 19.3 Å². The highest BCUT2D eigenvalue weighted by Crippen LogP contribution is 2.31. The maximum Gasteiger partial charge on any atom is 0.119 e. The zero-order valence-electron chi connectivity index (χ0n) is 24.7. The fourth-order valence-corrected chi connectivity index (χ4v) is 5.48. The van der Waals surface area contributed by atoms with Crippen LogP contribution in [0.2, 0.25) is 0 Å². The van der Waals surface area contributed by atoms with Crippen molar-refractivity contribution in [1.29, 1.82) is 0 Å². The predicted molar refractivity (Wildman–Crippen MR) is 168 cm³/mol. The van der Waals surface area contributed by atoms with E-state index >= 15 is 0 Å². The molecule has 5 rings (SSSR count). The molecule has 1 aliphatic rings. The Morgan fingerprint density at radius 1 is 0.814 bits per heavy atom. The minimum atomic E-state index is -0.861. The molecule has 0 radical (unpaired) electrons. The molecule has 7 nitrogen and oxygen atoms in total. The van der Waals surface area contributed by atoms with E-state index in [4.69, 9.17) is 24.1 Å². The minimum Gasteiger partial charge on any atom is -0.494 e. The third-order valence-electron chi connectivity index (χ3n) is 7.83. The Hall–Kier alpha value is -3.30. The zero-order valence-corrected chi connectivity index (χ0v) is 24.7. The molecule has 228 valence electrons. The number of nitrogens with one attached hydrogen (secondary N) is 1. The third-order valence-corrected chi connectivity index (χ3v) is 7.83. The van der Waals surface area contributed by atoms with Gasteiger partial charge in [0, 0.05) is 18.9 Å². The molecule has 3 atom stereocenters. The summed E-state index contributed by atoms with van der Waals surface area (Å²) in [5, 5.41) is 24.3. The van der Waals surface area contributed by atoms with Gasteiger partial charge in [-0.05, 0) is 64.2 Å². The van der Waals surface area contributed by atoms with Crippen LogP contribution in [-0.2, 0) is 34.0 Å². The van der Waals surface area contributed by atoms with Gasteiger partial charge in [-0.1, -0.05) is 72.8 Å². The van der Waals surface area contributed by atoms with Crippen LogP contribution >= 0.6 is 0 Å². The van der Waals surface area contributed by atoms with Gasteiger partial charge >= 0.3 is 0 Å². The van der Waals surface area contributed by atoms with E-state index in [1.54, 1.807) is 0 Å². The molecule has 1 aliphatic heterocycles. The number of fused-ring (bicyclic) bond motifs is 1. The number of benzene rings is 4. The molecule has 1 fully saturated rings. The van der Waals surface area contributed by atoms with Gasteiger partial charge in [0.1, 0.15) is 11.9 Å². The van der Waals surface area contributed by atoms with Crippen molar-refractivity contribution in [3.05, 3.63) is 113 Å². The first kappa shape index (κ1) is 31.1. The number of hydrogen-bond acceptors (Lipinski definition) is 7. The van der Waals surface area contributed by atoms with E-state index in [0.29, 0.717) is 39.0 Å². The van der Waals surface area contributed by atoms with Crippen LogP contribution in [0.4, 0.5) is 0 Å². The van der Waals surface area contributed by atoms with Gasteiger partial charge in [0.15, 0.2) is 0 Å². The lowest BCUT2D eigenvalue weighted by Crippen LogP contribution is -2.40. The normalized spacial score (nSPS) is 17.6. The van der Waals surface area contributed by atoms with Crippen molar-refractivity contribution in [2.75, 3.05) is 39.5 Å². The summed E-state index contributed by atoms with van der Waals surface area (Å²) < 4.78 is 23.9. The molecule has 1 heterocycles. The Balaban J connectivity index is 1.12. The maximum atomic E-state index is 9.55. The molecule has 0 aliphatic carbocycles. The molecular formula is C36H43NO6. The van der Waals surface area contributed by atoms with Gasteiger partial charge in [-0.3, -0.25) is 0 Å². The van der Waals surface area contributed by atoms with Gasteiger partial charge in [-0.15, -0.1) is 0 Å². The van der Waals surface area contributed by atoms with Crippen molar-refractivity contribution < 1.29 is 29.2 Å². The lowest BCUT2D eigenvalue weighted by atomic mass is 9.87. The van der Waals surface area contributed by atoms with Crippen LogP contribution in [-0.4, -0.2) is 61.9 Å². The van der Waals surface area contributed by atoms with Gasteiger partial charge in [-0.25, -0.2) is 0 Å². The quantitative estimate of drug-likeness (QED) is 0.153. The van der Waals surface area contributed by atoms with Gasteiger partial charge in [0.2, 0.25) is 0 Å². The molecule has 1 saturated heterocycles. The first-order valence-corrected chi connectivity index (χ1v) is 15.2. The van der Waals surface area contributed by atoms with E-state index in [2.05, 4.69) is 72.0 Å². The zero-order chi connectivity index (χ0) is 29.7. The second kappa shape index (κ2) is 16.5. The van der Waals surface area contributed by atoms with Crippen LogP contribution in [0.25, 0.3) is 10.8 Å². The number of ether oxygens (including phenoxy) is 4. The molecule has 0 amide bonds. The molecule has 0 saturated carbocycles. The summed E-state index contributed by atoms with van der Waals surface area (Å²) >= 11 is 0. The Labute approximate surface area is 254 Å². The van der Waals surface area contributed by atoms with Gasteiger partial charge in [0.05, 0.1) is 52.4 Å². The molecule has 0 spiro atoms. The summed E-state index contributed by atoms with van der Waals surface area (Å²) in [6.07, 6.45) is 1.05. The lowest BCUT2D eigenvalue weighted by Gasteiger charge is -2.32. The van der Waals surface area contributed by atoms with E-state index in [1.807, 2.05) is 24.3 Å². The predicted octanol–water partition coefficient (Wildman–Crippen LogP) is 5.36. The standard InChI is InChI=1S/C36H43NO6/c38-22-32(39)26-41-24-28-10-11-29-8-4-9-31(35(29)20-28)25-43-36-21-37-17-16-34(36)30-12-14-33(15-13-30)42-19-5-18-40-23-27-6-2-1-3-7-27/h1-4,6-15,20,32,34,36-39H,5,16-19,21-26H2/t32-,34+,36-/m0/s1. The molecule has 0 bridgehead atoms. The Kier molecular flexibility index (Phi) is 12.0. The van der Waals surface area contributed by atoms with Gasteiger partial charge < -0.3 is 34.5 Å². The number of hydrogen-bond donors (Lipinski definition) is 3. The SMILES string of the molecule is OC[C@H](O)COCc1ccc2cccc(CO[C@H]3CNCC[C@@H]3c3ccc(OCCCOCc4ccccc4)cc3)c2c1. The summed E-state index contributed by atoms with van der Waals surface area (Å²) in [6.45, 7) is 4.38. The smallest absolute Gasteiger partial charge is 0.119 e. The lowest BCUT2D eigenvalue weighted by molar-refractivity contribution is 0.0000380. The highest BCUT2D eigenvalue weighted by atomic mass is 16.5. The summed E-state index contributed by atoms with van der Waals surface area (Å²) in [5.41, 5.74) is 4.61. The fourth-order valence-electron chi connectivity index (χ4n) is 5.48. The van der Waals surface area contributed by atoms with Crippen molar-refractivity contribution in [3.63, 3.8) is 0 Å². The van der Waals surface area contributed by atoms with E-state index in [9.17, 15) is 5.11 Å². The van der Waals surface area contributed by atoms with E-state index in [1.165, 1.54) is 11.1 Å². The highest BCUT2D eigenvalue weighted by molar-refractivity contribution is 5.86. The van der Waals surface area contributed by atoms with Crippen molar-refractivity contribution >= 4 is 10.8 Å². The molecule has 7 heteroatoms. The van der Waals surface area contributed by atoms with Gasteiger partial charge in [0.25, 0.3) is 0 Å². The van der Waals surface area contributed by atoms with Crippen LogP contribution in [0.1, 0.15) is 41.0 Å². The van der Waals surface area contributed by atoms with Crippen LogP contribution in [0.3, 0.4) is 0 Å². The summed E-state index contributed by atoms with van der Waals surface area (Å²) in [4.78, 5) is 0. The number of aliphatic hydroxyl groups excluding tert-OH is 2. The molecule has 0 unspecified atom stereocenters. The van der Waals surface area contributed by atoms with Crippen molar-refractivity contribution in [2.45, 2.75) is 50.8 Å². The summed E-state index contributed by atoms with van der Waals surface area (Å²) in [6, 6.07) is 31.2. The van der Waals surface area contributed by atoms with Crippen molar-refractivity contribution in [3.8, 4) is 5.75 Å². The second-order valence-electron chi connectivity index (χ2n) is 11.1. The average molecular weight is 586 g/mol. The number of rotatable bonds is 16. The highest BCUT2D eigenvalue weighted by Gasteiger charge is 2.27. The molecule has 43 heavy (non-hydrogen) atoms. The largest absolute Gasteiger partial charge is 0.494 e. The topological polar surface area (TPSA) is 89.4 Å². The summed E-state index contributed by atoms with van der Waals surface area (Å²) in [5.74, 6) is 1.18. The van der Waals surface area contributed by atoms with E-state index in [0.717, 1.165) is 53.6 Å². The average Bonchev–Trinajstić information content (AvgIpc) is 3.06. The third kappa shape index (κ3) is 9.34. The molecule has 4 aromatic rings. The molecule has 4 aromatic carbocycles.